The van der Waals surface area contributed by atoms with Crippen LogP contribution in [0, 0.1) is 6.92 Å². The average Bonchev–Trinajstić information content (AvgIpc) is 2.63. The van der Waals surface area contributed by atoms with Crippen LogP contribution in [0.25, 0.3) is 0 Å². The first-order chi connectivity index (χ1) is 13.0. The molecule has 0 spiro atoms. The normalized spacial score (nSPS) is 10.9. The minimum atomic E-state index is -0.588. The number of pyridine rings is 1. The largest absolute Gasteiger partial charge is 0.508 e. The molecule has 0 aliphatic carbocycles. The third kappa shape index (κ3) is 4.70. The highest BCUT2D eigenvalue weighted by molar-refractivity contribution is 5.94. The SMILES string of the molecule is Cc1cccc(Cn2cccc(C(=O)N/N=C\c3cccc(O)c3)c2=O)c1. The number of hydrogen-bond donors (Lipinski definition) is 2. The third-order valence-electron chi connectivity index (χ3n) is 3.95. The Labute approximate surface area is 156 Å². The predicted molar refractivity (Wildman–Crippen MR) is 104 cm³/mol. The first kappa shape index (κ1) is 18.1. The van der Waals surface area contributed by atoms with Crippen LogP contribution in [0.5, 0.6) is 5.75 Å². The Morgan fingerprint density at radius 2 is 1.96 bits per heavy atom. The molecule has 3 rings (SSSR count). The van der Waals surface area contributed by atoms with Gasteiger partial charge >= 0.3 is 0 Å². The van der Waals surface area contributed by atoms with E-state index in [0.717, 1.165) is 11.1 Å². The summed E-state index contributed by atoms with van der Waals surface area (Å²) in [5.74, 6) is -0.484. The molecule has 0 radical (unpaired) electrons. The van der Waals surface area contributed by atoms with Gasteiger partial charge in [-0.25, -0.2) is 5.43 Å². The second-order valence-corrected chi connectivity index (χ2v) is 6.14. The number of aromatic hydroxyl groups is 1. The van der Waals surface area contributed by atoms with Crippen LogP contribution in [0.3, 0.4) is 0 Å². The minimum Gasteiger partial charge on any atom is -0.508 e. The zero-order valence-electron chi connectivity index (χ0n) is 14.8. The zero-order valence-corrected chi connectivity index (χ0v) is 14.8. The number of carbonyl (C=O) groups excluding carboxylic acids is 1. The maximum absolute atomic E-state index is 12.6. The highest BCUT2D eigenvalue weighted by atomic mass is 16.3. The molecule has 2 aromatic carbocycles. The van der Waals surface area contributed by atoms with Crippen LogP contribution in [0.2, 0.25) is 0 Å². The molecular weight excluding hydrogens is 342 g/mol. The summed E-state index contributed by atoms with van der Waals surface area (Å²) in [5.41, 5.74) is 4.69. The van der Waals surface area contributed by atoms with E-state index in [9.17, 15) is 14.7 Å². The van der Waals surface area contributed by atoms with E-state index in [2.05, 4.69) is 10.5 Å². The van der Waals surface area contributed by atoms with Crippen LogP contribution in [0.15, 0.2) is 76.8 Å². The minimum absolute atomic E-state index is 0.0122. The summed E-state index contributed by atoms with van der Waals surface area (Å²) in [5, 5.41) is 13.3. The number of amides is 1. The predicted octanol–water partition coefficient (Wildman–Crippen LogP) is 2.67. The van der Waals surface area contributed by atoms with Gasteiger partial charge in [0.05, 0.1) is 12.8 Å². The lowest BCUT2D eigenvalue weighted by atomic mass is 10.1. The summed E-state index contributed by atoms with van der Waals surface area (Å²) in [6.07, 6.45) is 3.04. The molecular formula is C21H19N3O3. The van der Waals surface area contributed by atoms with Crippen LogP contribution in [-0.4, -0.2) is 21.8 Å². The van der Waals surface area contributed by atoms with E-state index in [0.29, 0.717) is 12.1 Å². The van der Waals surface area contributed by atoms with Crippen LogP contribution in [0.1, 0.15) is 27.0 Å². The van der Waals surface area contributed by atoms with Gasteiger partial charge in [0.25, 0.3) is 11.5 Å². The summed E-state index contributed by atoms with van der Waals surface area (Å²) in [4.78, 5) is 24.9. The molecule has 1 heterocycles. The summed E-state index contributed by atoms with van der Waals surface area (Å²) in [6, 6.07) is 17.4. The molecule has 136 valence electrons. The highest BCUT2D eigenvalue weighted by Crippen LogP contribution is 2.08. The fourth-order valence-electron chi connectivity index (χ4n) is 2.67. The number of nitrogens with one attached hydrogen (secondary N) is 1. The van der Waals surface area contributed by atoms with Gasteiger partial charge in [-0.15, -0.1) is 0 Å². The summed E-state index contributed by atoms with van der Waals surface area (Å²) < 4.78 is 1.49. The van der Waals surface area contributed by atoms with Gasteiger partial charge in [0.2, 0.25) is 0 Å². The Bertz CT molecular complexity index is 1050. The Balaban J connectivity index is 1.74. The van der Waals surface area contributed by atoms with Crippen LogP contribution < -0.4 is 11.0 Å². The van der Waals surface area contributed by atoms with Gasteiger partial charge in [0, 0.05) is 6.20 Å². The first-order valence-electron chi connectivity index (χ1n) is 8.40. The van der Waals surface area contributed by atoms with E-state index in [-0.39, 0.29) is 16.9 Å². The van der Waals surface area contributed by atoms with Gasteiger partial charge in [-0.1, -0.05) is 42.0 Å². The molecule has 0 saturated heterocycles. The van der Waals surface area contributed by atoms with Crippen LogP contribution in [-0.2, 0) is 6.54 Å². The van der Waals surface area contributed by atoms with Crippen molar-refractivity contribution >= 4 is 12.1 Å². The van der Waals surface area contributed by atoms with Gasteiger partial charge in [-0.3, -0.25) is 9.59 Å². The summed E-state index contributed by atoms with van der Waals surface area (Å²) in [7, 11) is 0. The van der Waals surface area contributed by atoms with Crippen molar-refractivity contribution in [3.63, 3.8) is 0 Å². The standard InChI is InChI=1S/C21H19N3O3/c1-15-5-2-7-17(11-15)14-24-10-4-9-19(21(24)27)20(26)23-22-13-16-6-3-8-18(25)12-16/h2-13,25H,14H2,1H3,(H,23,26)/b22-13-. The second-order valence-electron chi connectivity index (χ2n) is 6.14. The molecule has 0 atom stereocenters. The lowest BCUT2D eigenvalue weighted by molar-refractivity contribution is 0.0953. The van der Waals surface area contributed by atoms with Crippen molar-refractivity contribution in [2.75, 3.05) is 0 Å². The number of benzene rings is 2. The Morgan fingerprint density at radius 1 is 1.15 bits per heavy atom. The van der Waals surface area contributed by atoms with E-state index in [1.54, 1.807) is 24.4 Å². The molecule has 6 nitrogen and oxygen atoms in total. The van der Waals surface area contributed by atoms with Crippen LogP contribution >= 0.6 is 0 Å². The van der Waals surface area contributed by atoms with Crippen molar-refractivity contribution in [3.05, 3.63) is 99.5 Å². The number of hydrogen-bond acceptors (Lipinski definition) is 4. The Kier molecular flexibility index (Phi) is 5.47. The second kappa shape index (κ2) is 8.14. The molecule has 0 fully saturated rings. The topological polar surface area (TPSA) is 83.7 Å². The number of phenolic OH excluding ortho intramolecular Hbond substituents is 1. The molecule has 0 aliphatic rings. The molecule has 27 heavy (non-hydrogen) atoms. The number of phenols is 1. The first-order valence-corrected chi connectivity index (χ1v) is 8.40. The molecule has 6 heteroatoms. The van der Waals surface area contributed by atoms with Gasteiger partial charge in [0.15, 0.2) is 0 Å². The van der Waals surface area contributed by atoms with E-state index in [4.69, 9.17) is 0 Å². The quantitative estimate of drug-likeness (QED) is 0.541. The smallest absolute Gasteiger partial charge is 0.276 e. The van der Waals surface area contributed by atoms with E-state index in [1.807, 2.05) is 31.2 Å². The number of nitrogens with zero attached hydrogens (tertiary/aromatic N) is 2. The van der Waals surface area contributed by atoms with E-state index >= 15 is 0 Å². The van der Waals surface area contributed by atoms with Crippen molar-refractivity contribution in [2.45, 2.75) is 13.5 Å². The van der Waals surface area contributed by atoms with Crippen LogP contribution in [0.4, 0.5) is 0 Å². The molecule has 0 bridgehead atoms. The lowest BCUT2D eigenvalue weighted by Crippen LogP contribution is -2.30. The maximum Gasteiger partial charge on any atom is 0.276 e. The fraction of sp³-hybridized carbons (Fsp3) is 0.0952. The molecule has 2 N–H and O–H groups in total. The van der Waals surface area contributed by atoms with Gasteiger partial charge in [0.1, 0.15) is 11.3 Å². The molecule has 0 saturated carbocycles. The van der Waals surface area contributed by atoms with Crippen molar-refractivity contribution < 1.29 is 9.90 Å². The monoisotopic (exact) mass is 361 g/mol. The molecule has 0 aliphatic heterocycles. The Morgan fingerprint density at radius 3 is 2.74 bits per heavy atom. The number of hydrazone groups is 1. The number of rotatable bonds is 5. The van der Waals surface area contributed by atoms with Gasteiger partial charge in [-0.2, -0.15) is 5.10 Å². The van der Waals surface area contributed by atoms with E-state index < -0.39 is 5.91 Å². The third-order valence-corrected chi connectivity index (χ3v) is 3.95. The summed E-state index contributed by atoms with van der Waals surface area (Å²) >= 11 is 0. The summed E-state index contributed by atoms with van der Waals surface area (Å²) in [6.45, 7) is 2.37. The Hall–Kier alpha value is -3.67. The van der Waals surface area contributed by atoms with E-state index in [1.165, 1.54) is 29.0 Å². The number of aryl methyl sites for hydroxylation is 1. The maximum atomic E-state index is 12.6. The van der Waals surface area contributed by atoms with Crippen molar-refractivity contribution in [3.8, 4) is 5.75 Å². The van der Waals surface area contributed by atoms with Crippen molar-refractivity contribution in [2.24, 2.45) is 5.10 Å². The zero-order chi connectivity index (χ0) is 19.2. The van der Waals surface area contributed by atoms with Crippen molar-refractivity contribution in [1.29, 1.82) is 0 Å². The molecule has 1 aromatic heterocycles. The van der Waals surface area contributed by atoms with Gasteiger partial charge < -0.3 is 9.67 Å². The van der Waals surface area contributed by atoms with Gasteiger partial charge in [-0.05, 0) is 42.3 Å². The number of aromatic nitrogens is 1. The fourth-order valence-corrected chi connectivity index (χ4v) is 2.67. The number of carbonyl (C=O) groups is 1. The molecule has 0 unspecified atom stereocenters. The highest BCUT2D eigenvalue weighted by Gasteiger charge is 2.11. The molecule has 3 aromatic rings. The van der Waals surface area contributed by atoms with Crippen molar-refractivity contribution in [1.82, 2.24) is 9.99 Å². The lowest BCUT2D eigenvalue weighted by Gasteiger charge is -2.08. The molecule has 1 amide bonds. The average molecular weight is 361 g/mol.